The van der Waals surface area contributed by atoms with Crippen molar-refractivity contribution < 1.29 is 45.3 Å². The molecule has 0 bridgehead atoms. The van der Waals surface area contributed by atoms with Gasteiger partial charge in [0.05, 0.1) is 5.69 Å². The minimum atomic E-state index is -4.98. The first kappa shape index (κ1) is 23.5. The molecule has 2 aromatic carbocycles. The van der Waals surface area contributed by atoms with Crippen LogP contribution in [-0.2, 0) is 0 Å². The molecule has 1 aromatic heterocycles. The van der Waals surface area contributed by atoms with Crippen LogP contribution in [-0.4, -0.2) is 23.1 Å². The van der Waals surface area contributed by atoms with E-state index in [2.05, 4.69) is 19.9 Å². The number of nitrogens with zero attached hydrogens (tertiary/aromatic N) is 2. The van der Waals surface area contributed by atoms with Gasteiger partial charge in [0.1, 0.15) is 17.5 Å². The molecule has 3 aromatic rings. The fraction of sp³-hybridized carbons (Fsp3) is 0.0952. The van der Waals surface area contributed by atoms with Crippen LogP contribution in [0.4, 0.5) is 32.0 Å². The minimum absolute atomic E-state index is 0.0130. The summed E-state index contributed by atoms with van der Waals surface area (Å²) in [6.45, 7) is 0. The molecular weight excluding hydrogens is 486 g/mol. The minimum Gasteiger partial charge on any atom is -0.454 e. The number of nitrogens with one attached hydrogen (secondary N) is 2. The van der Waals surface area contributed by atoms with E-state index in [1.807, 2.05) is 5.43 Å². The van der Waals surface area contributed by atoms with Crippen LogP contribution in [0.5, 0.6) is 23.0 Å². The molecule has 0 saturated carbocycles. The zero-order valence-electron chi connectivity index (χ0n) is 16.9. The molecule has 0 saturated heterocycles. The summed E-state index contributed by atoms with van der Waals surface area (Å²) in [5, 5.41) is 8.83. The summed E-state index contributed by atoms with van der Waals surface area (Å²) >= 11 is 0. The molecule has 1 aliphatic rings. The molecule has 14 heteroatoms. The molecule has 0 radical (unpaired) electrons. The summed E-state index contributed by atoms with van der Waals surface area (Å²) < 4.78 is 94.9. The zero-order chi connectivity index (χ0) is 25.4. The predicted molar refractivity (Wildman–Crippen MR) is 104 cm³/mol. The Labute approximate surface area is 191 Å². The highest BCUT2D eigenvalue weighted by atomic mass is 19.3. The number of hydrazine groups is 1. The van der Waals surface area contributed by atoms with Crippen LogP contribution < -0.4 is 25.1 Å². The maximum Gasteiger partial charge on any atom is 0.507 e. The van der Waals surface area contributed by atoms with E-state index in [9.17, 15) is 31.1 Å². The Morgan fingerprint density at radius 2 is 1.69 bits per heavy atom. The van der Waals surface area contributed by atoms with E-state index < -0.39 is 52.7 Å². The van der Waals surface area contributed by atoms with Crippen LogP contribution in [0.15, 0.2) is 48.7 Å². The molecule has 180 valence electrons. The highest BCUT2D eigenvalue weighted by molar-refractivity contribution is 5.95. The van der Waals surface area contributed by atoms with E-state index in [4.69, 9.17) is 10.00 Å². The second kappa shape index (κ2) is 8.60. The van der Waals surface area contributed by atoms with Crippen molar-refractivity contribution in [3.63, 3.8) is 0 Å². The van der Waals surface area contributed by atoms with Crippen LogP contribution in [0, 0.1) is 23.0 Å². The number of anilines is 1. The summed E-state index contributed by atoms with van der Waals surface area (Å²) in [5.41, 5.74) is 3.21. The van der Waals surface area contributed by atoms with Crippen molar-refractivity contribution in [2.75, 3.05) is 5.43 Å². The topological polar surface area (TPSA) is 106 Å². The van der Waals surface area contributed by atoms with E-state index in [1.165, 1.54) is 18.3 Å². The van der Waals surface area contributed by atoms with Gasteiger partial charge in [-0.2, -0.15) is 22.8 Å². The Morgan fingerprint density at radius 3 is 2.40 bits per heavy atom. The molecular formula is C21H10F6N4O4. The number of fused-ring (bicyclic) bond motifs is 1. The fourth-order valence-electron chi connectivity index (χ4n) is 2.77. The van der Waals surface area contributed by atoms with Crippen LogP contribution in [0.1, 0.15) is 16.1 Å². The molecule has 2 heterocycles. The van der Waals surface area contributed by atoms with Crippen molar-refractivity contribution in [3.8, 4) is 29.1 Å². The Morgan fingerprint density at radius 1 is 0.971 bits per heavy atom. The number of hydrogen-bond acceptors (Lipinski definition) is 7. The lowest BCUT2D eigenvalue weighted by Crippen LogP contribution is -2.52. The second-order valence-corrected chi connectivity index (χ2v) is 6.83. The van der Waals surface area contributed by atoms with Crippen LogP contribution in [0.3, 0.4) is 0 Å². The number of amides is 1. The molecule has 0 unspecified atom stereocenters. The molecule has 1 amide bonds. The van der Waals surface area contributed by atoms with Crippen molar-refractivity contribution in [3.05, 3.63) is 71.6 Å². The zero-order valence-corrected chi connectivity index (χ0v) is 16.9. The number of benzene rings is 2. The number of pyridine rings is 1. The summed E-state index contributed by atoms with van der Waals surface area (Å²) in [6.07, 6.45) is -8.67. The van der Waals surface area contributed by atoms with Gasteiger partial charge >= 0.3 is 12.2 Å². The Kier molecular flexibility index (Phi) is 5.77. The van der Waals surface area contributed by atoms with Gasteiger partial charge in [-0.1, -0.05) is 0 Å². The number of rotatable bonds is 5. The molecule has 0 fully saturated rings. The first-order chi connectivity index (χ1) is 16.5. The van der Waals surface area contributed by atoms with E-state index in [1.54, 1.807) is 6.07 Å². The molecule has 1 aliphatic heterocycles. The number of aromatic nitrogens is 1. The number of nitriles is 1. The molecule has 2 N–H and O–H groups in total. The summed E-state index contributed by atoms with van der Waals surface area (Å²) in [7, 11) is 0. The van der Waals surface area contributed by atoms with Crippen molar-refractivity contribution >= 4 is 11.6 Å². The average Bonchev–Trinajstić information content (AvgIpc) is 2.80. The van der Waals surface area contributed by atoms with E-state index in [0.717, 1.165) is 12.1 Å². The lowest BCUT2D eigenvalue weighted by atomic mass is 10.2. The molecule has 8 nitrogen and oxygen atoms in total. The van der Waals surface area contributed by atoms with E-state index >= 15 is 0 Å². The lowest BCUT2D eigenvalue weighted by Gasteiger charge is -2.31. The quantitative estimate of drug-likeness (QED) is 0.389. The molecule has 35 heavy (non-hydrogen) atoms. The first-order valence-electron chi connectivity index (χ1n) is 9.36. The Balaban J connectivity index is 1.46. The van der Waals surface area contributed by atoms with Crippen molar-refractivity contribution in [2.24, 2.45) is 0 Å². The third-order valence-electron chi connectivity index (χ3n) is 4.43. The summed E-state index contributed by atoms with van der Waals surface area (Å²) in [4.78, 5) is 16.0. The van der Waals surface area contributed by atoms with Gasteiger partial charge in [0, 0.05) is 30.0 Å². The second-order valence-electron chi connectivity index (χ2n) is 6.83. The van der Waals surface area contributed by atoms with Gasteiger partial charge in [0.25, 0.3) is 5.91 Å². The normalized spacial score (nSPS) is 15.0. The molecule has 0 atom stereocenters. The van der Waals surface area contributed by atoms with Gasteiger partial charge < -0.3 is 14.2 Å². The average molecular weight is 496 g/mol. The standard InChI is InChI=1S/C21H10F6N4O4/c22-13-8-17(33-12-3-4-29-11(6-12)9-28)14(23)7-15(13)30-31-19(32)10-1-2-16-18(5-10)35-21(26,27)20(24,25)34-16/h1-8,30H,(H,31,32). The summed E-state index contributed by atoms with van der Waals surface area (Å²) in [5.74, 6) is -5.20. The van der Waals surface area contributed by atoms with E-state index in [0.29, 0.717) is 18.2 Å². The number of hydrogen-bond donors (Lipinski definition) is 2. The van der Waals surface area contributed by atoms with Crippen molar-refractivity contribution in [1.29, 1.82) is 5.26 Å². The van der Waals surface area contributed by atoms with Gasteiger partial charge in [-0.25, -0.2) is 13.8 Å². The third kappa shape index (κ3) is 4.69. The van der Waals surface area contributed by atoms with Gasteiger partial charge in [0.15, 0.2) is 28.9 Å². The third-order valence-corrected chi connectivity index (χ3v) is 4.43. The van der Waals surface area contributed by atoms with Crippen LogP contribution >= 0.6 is 0 Å². The highest BCUT2D eigenvalue weighted by Crippen LogP contribution is 2.47. The maximum absolute atomic E-state index is 14.4. The van der Waals surface area contributed by atoms with Gasteiger partial charge in [0.2, 0.25) is 0 Å². The number of halogens is 6. The number of carbonyl (C=O) groups excluding carboxylic acids is 1. The number of ether oxygens (including phenoxy) is 3. The van der Waals surface area contributed by atoms with Gasteiger partial charge in [-0.3, -0.25) is 15.6 Å². The van der Waals surface area contributed by atoms with Gasteiger partial charge in [-0.05, 0) is 24.3 Å². The molecule has 0 spiro atoms. The molecule has 4 rings (SSSR count). The predicted octanol–water partition coefficient (Wildman–Crippen LogP) is 4.74. The van der Waals surface area contributed by atoms with Crippen LogP contribution in [0.25, 0.3) is 0 Å². The Bertz CT molecular complexity index is 1360. The number of alkyl halides is 4. The lowest BCUT2D eigenvalue weighted by molar-refractivity contribution is -0.391. The number of carbonyl (C=O) groups is 1. The SMILES string of the molecule is N#Cc1cc(Oc2cc(F)c(NNC(=O)c3ccc4c(c3)OC(F)(F)C(F)(F)O4)cc2F)ccn1. The monoisotopic (exact) mass is 496 g/mol. The molecule has 0 aliphatic carbocycles. The van der Waals surface area contributed by atoms with Crippen molar-refractivity contribution in [1.82, 2.24) is 10.4 Å². The Hall–Kier alpha value is -4.67. The van der Waals surface area contributed by atoms with Crippen LogP contribution in [0.2, 0.25) is 0 Å². The van der Waals surface area contributed by atoms with Crippen molar-refractivity contribution in [2.45, 2.75) is 12.2 Å². The maximum atomic E-state index is 14.4. The van der Waals surface area contributed by atoms with E-state index in [-0.39, 0.29) is 17.0 Å². The summed E-state index contributed by atoms with van der Waals surface area (Å²) in [6, 6.07) is 8.06. The fourth-order valence-corrected chi connectivity index (χ4v) is 2.77. The largest absolute Gasteiger partial charge is 0.507 e. The first-order valence-corrected chi connectivity index (χ1v) is 9.36. The smallest absolute Gasteiger partial charge is 0.454 e. The highest BCUT2D eigenvalue weighted by Gasteiger charge is 2.65. The van der Waals surface area contributed by atoms with Gasteiger partial charge in [-0.15, -0.1) is 0 Å².